The number of hydrogen-bond acceptors (Lipinski definition) is 4. The Kier molecular flexibility index (Phi) is 5.55. The molecule has 4 nitrogen and oxygen atoms in total. The zero-order valence-electron chi connectivity index (χ0n) is 11.0. The number of aromatic carboxylic acids is 1. The lowest BCUT2D eigenvalue weighted by Crippen LogP contribution is -2.04. The number of rotatable bonds is 8. The second-order valence-electron chi connectivity index (χ2n) is 4.14. The second kappa shape index (κ2) is 7.65. The van der Waals surface area contributed by atoms with E-state index in [4.69, 9.17) is 14.3 Å². The quantitative estimate of drug-likeness (QED) is 0.752. The molecule has 1 N–H and O–H groups in total. The van der Waals surface area contributed by atoms with Crippen molar-refractivity contribution in [3.05, 3.63) is 54.0 Å². The van der Waals surface area contributed by atoms with Crippen molar-refractivity contribution in [3.63, 3.8) is 0 Å². The highest BCUT2D eigenvalue weighted by atomic mass is 32.2. The highest BCUT2D eigenvalue weighted by molar-refractivity contribution is 7.98. The lowest BCUT2D eigenvalue weighted by molar-refractivity contribution is 0.0692. The van der Waals surface area contributed by atoms with Crippen molar-refractivity contribution in [2.45, 2.75) is 12.2 Å². The van der Waals surface area contributed by atoms with Crippen LogP contribution in [0.1, 0.15) is 22.5 Å². The van der Waals surface area contributed by atoms with Gasteiger partial charge < -0.3 is 14.3 Å². The number of carboxylic acid groups (broad SMARTS) is 1. The minimum absolute atomic E-state index is 0.204. The van der Waals surface area contributed by atoms with Gasteiger partial charge in [-0.2, -0.15) is 11.8 Å². The summed E-state index contributed by atoms with van der Waals surface area (Å²) in [4.78, 5) is 11.0. The van der Waals surface area contributed by atoms with Crippen LogP contribution < -0.4 is 4.74 Å². The van der Waals surface area contributed by atoms with E-state index in [2.05, 4.69) is 0 Å². The van der Waals surface area contributed by atoms with E-state index in [1.165, 1.54) is 0 Å². The lowest BCUT2D eigenvalue weighted by Gasteiger charge is -2.08. The third kappa shape index (κ3) is 4.35. The molecule has 106 valence electrons. The van der Waals surface area contributed by atoms with Crippen molar-refractivity contribution in [1.29, 1.82) is 0 Å². The van der Waals surface area contributed by atoms with Gasteiger partial charge in [-0.15, -0.1) is 0 Å². The third-order valence-corrected chi connectivity index (χ3v) is 3.70. The van der Waals surface area contributed by atoms with Gasteiger partial charge in [0.25, 0.3) is 0 Å². The van der Waals surface area contributed by atoms with Crippen LogP contribution in [-0.2, 0) is 5.75 Å². The molecule has 0 aliphatic rings. The first-order valence-corrected chi connectivity index (χ1v) is 7.48. The van der Waals surface area contributed by atoms with Crippen LogP contribution >= 0.6 is 11.8 Å². The van der Waals surface area contributed by atoms with Gasteiger partial charge in [-0.25, -0.2) is 4.79 Å². The highest BCUT2D eigenvalue weighted by Crippen LogP contribution is 2.18. The molecule has 1 aromatic carbocycles. The maximum Gasteiger partial charge on any atom is 0.339 e. The normalized spacial score (nSPS) is 10.4. The molecule has 0 fully saturated rings. The lowest BCUT2D eigenvalue weighted by atomic mass is 10.2. The molecule has 0 radical (unpaired) electrons. The molecule has 0 atom stereocenters. The number of furan rings is 1. The van der Waals surface area contributed by atoms with Crippen LogP contribution in [0.25, 0.3) is 0 Å². The van der Waals surface area contributed by atoms with Crippen molar-refractivity contribution >= 4 is 17.7 Å². The van der Waals surface area contributed by atoms with Crippen LogP contribution in [0.5, 0.6) is 5.75 Å². The Morgan fingerprint density at radius 1 is 1.25 bits per heavy atom. The minimum Gasteiger partial charge on any atom is -0.493 e. The maximum atomic E-state index is 11.0. The highest BCUT2D eigenvalue weighted by Gasteiger charge is 2.09. The molecule has 0 unspecified atom stereocenters. The van der Waals surface area contributed by atoms with Gasteiger partial charge in [0.05, 0.1) is 18.6 Å². The van der Waals surface area contributed by atoms with Crippen LogP contribution in [0.4, 0.5) is 0 Å². The van der Waals surface area contributed by atoms with E-state index in [-0.39, 0.29) is 5.56 Å². The Hall–Kier alpha value is -1.88. The molecule has 20 heavy (non-hydrogen) atoms. The molecule has 0 saturated carbocycles. The fraction of sp³-hybridized carbons (Fsp3) is 0.267. The first-order chi connectivity index (χ1) is 9.77. The SMILES string of the molecule is O=C(O)c1ccccc1OCCCSCc1ccco1. The Morgan fingerprint density at radius 3 is 2.85 bits per heavy atom. The van der Waals surface area contributed by atoms with Gasteiger partial charge >= 0.3 is 5.97 Å². The van der Waals surface area contributed by atoms with E-state index >= 15 is 0 Å². The number of benzene rings is 1. The van der Waals surface area contributed by atoms with Crippen molar-refractivity contribution in [2.24, 2.45) is 0 Å². The number of ether oxygens (including phenoxy) is 1. The average molecular weight is 292 g/mol. The molecule has 0 aliphatic heterocycles. The summed E-state index contributed by atoms with van der Waals surface area (Å²) < 4.78 is 10.8. The summed E-state index contributed by atoms with van der Waals surface area (Å²) in [6.07, 6.45) is 2.53. The summed E-state index contributed by atoms with van der Waals surface area (Å²) in [7, 11) is 0. The van der Waals surface area contributed by atoms with Gasteiger partial charge in [0, 0.05) is 0 Å². The molecule has 0 amide bonds. The summed E-state index contributed by atoms with van der Waals surface area (Å²) in [5.41, 5.74) is 0.204. The molecule has 0 spiro atoms. The van der Waals surface area contributed by atoms with Crippen molar-refractivity contribution in [1.82, 2.24) is 0 Å². The molecule has 1 heterocycles. The fourth-order valence-corrected chi connectivity index (χ4v) is 2.51. The van der Waals surface area contributed by atoms with E-state index in [9.17, 15) is 4.79 Å². The van der Waals surface area contributed by atoms with Gasteiger partial charge in [-0.1, -0.05) is 12.1 Å². The van der Waals surface area contributed by atoms with Crippen LogP contribution in [0.15, 0.2) is 47.1 Å². The zero-order valence-corrected chi connectivity index (χ0v) is 11.8. The molecular formula is C15H16O4S. The first-order valence-electron chi connectivity index (χ1n) is 6.32. The fourth-order valence-electron chi connectivity index (χ4n) is 1.68. The van der Waals surface area contributed by atoms with Crippen LogP contribution in [0.2, 0.25) is 0 Å². The van der Waals surface area contributed by atoms with Crippen LogP contribution in [0, 0.1) is 0 Å². The molecule has 2 aromatic rings. The summed E-state index contributed by atoms with van der Waals surface area (Å²) >= 11 is 1.77. The number of hydrogen-bond donors (Lipinski definition) is 1. The first kappa shape index (κ1) is 14.5. The molecule has 2 rings (SSSR count). The molecule has 1 aromatic heterocycles. The molecule has 0 aliphatic carbocycles. The number of carboxylic acids is 1. The Balaban J connectivity index is 1.67. The maximum absolute atomic E-state index is 11.0. The van der Waals surface area contributed by atoms with Crippen molar-refractivity contribution in [2.75, 3.05) is 12.4 Å². The van der Waals surface area contributed by atoms with Crippen molar-refractivity contribution in [3.8, 4) is 5.75 Å². The summed E-state index contributed by atoms with van der Waals surface area (Å²) in [6, 6.07) is 10.5. The van der Waals surface area contributed by atoms with Gasteiger partial charge in [0.2, 0.25) is 0 Å². The van der Waals surface area contributed by atoms with Gasteiger partial charge in [0.1, 0.15) is 17.1 Å². The van der Waals surface area contributed by atoms with E-state index in [0.29, 0.717) is 12.4 Å². The monoisotopic (exact) mass is 292 g/mol. The largest absolute Gasteiger partial charge is 0.493 e. The van der Waals surface area contributed by atoms with E-state index in [0.717, 1.165) is 23.7 Å². The number of thioether (sulfide) groups is 1. The van der Waals surface area contributed by atoms with Crippen molar-refractivity contribution < 1.29 is 19.1 Å². The van der Waals surface area contributed by atoms with Gasteiger partial charge in [-0.05, 0) is 36.4 Å². The molecule has 0 bridgehead atoms. The second-order valence-corrected chi connectivity index (χ2v) is 5.24. The van der Waals surface area contributed by atoms with Crippen LogP contribution in [-0.4, -0.2) is 23.4 Å². The molecule has 5 heteroatoms. The number of para-hydroxylation sites is 1. The summed E-state index contributed by atoms with van der Waals surface area (Å²) in [5.74, 6) is 2.21. The van der Waals surface area contributed by atoms with Gasteiger partial charge in [0.15, 0.2) is 0 Å². The Bertz CT molecular complexity index is 537. The molecule has 0 saturated heterocycles. The predicted molar refractivity (Wildman–Crippen MR) is 78.4 cm³/mol. The van der Waals surface area contributed by atoms with E-state index < -0.39 is 5.97 Å². The standard InChI is InChI=1S/C15H16O4S/c16-15(17)13-6-1-2-7-14(13)19-9-4-10-20-11-12-5-3-8-18-12/h1-3,5-8H,4,9-11H2,(H,16,17). The third-order valence-electron chi connectivity index (χ3n) is 2.63. The summed E-state index contributed by atoms with van der Waals surface area (Å²) in [6.45, 7) is 0.509. The Morgan fingerprint density at radius 2 is 2.10 bits per heavy atom. The average Bonchev–Trinajstić information content (AvgIpc) is 2.96. The zero-order chi connectivity index (χ0) is 14.2. The Labute approximate surface area is 121 Å². The van der Waals surface area contributed by atoms with Crippen LogP contribution in [0.3, 0.4) is 0 Å². The van der Waals surface area contributed by atoms with E-state index in [1.54, 1.807) is 42.3 Å². The topological polar surface area (TPSA) is 59.7 Å². The summed E-state index contributed by atoms with van der Waals surface area (Å²) in [5, 5.41) is 9.02. The number of carbonyl (C=O) groups is 1. The predicted octanol–water partition coefficient (Wildman–Crippen LogP) is 3.68. The smallest absolute Gasteiger partial charge is 0.339 e. The van der Waals surface area contributed by atoms with E-state index in [1.807, 2.05) is 12.1 Å². The molecular weight excluding hydrogens is 276 g/mol. The minimum atomic E-state index is -0.965. The van der Waals surface area contributed by atoms with Gasteiger partial charge in [-0.3, -0.25) is 0 Å².